The third kappa shape index (κ3) is 1.16. The number of rotatable bonds is 1. The summed E-state index contributed by atoms with van der Waals surface area (Å²) in [6.07, 6.45) is 4.18. The molecular formula is C6H9N3. The van der Waals surface area contributed by atoms with Gasteiger partial charge in [-0.2, -0.15) is 10.2 Å². The molecule has 0 aliphatic carbocycles. The monoisotopic (exact) mass is 123 g/mol. The fourth-order valence-electron chi connectivity index (χ4n) is 0.651. The van der Waals surface area contributed by atoms with Gasteiger partial charge in [0.05, 0.1) is 18.1 Å². The molecule has 0 aliphatic rings. The molecule has 48 valence electrons. The zero-order valence-corrected chi connectivity index (χ0v) is 5.33. The molecule has 0 bridgehead atoms. The van der Waals surface area contributed by atoms with Crippen molar-refractivity contribution in [1.82, 2.24) is 10.2 Å². The van der Waals surface area contributed by atoms with Gasteiger partial charge in [-0.25, -0.2) is 0 Å². The highest BCUT2D eigenvalue weighted by molar-refractivity contribution is 5.41. The van der Waals surface area contributed by atoms with Crippen molar-refractivity contribution in [2.75, 3.05) is 5.73 Å². The molecule has 0 atom stereocenters. The topological polar surface area (TPSA) is 51.8 Å². The number of aromatic nitrogens is 2. The van der Waals surface area contributed by atoms with Crippen LogP contribution in [-0.4, -0.2) is 10.2 Å². The van der Waals surface area contributed by atoms with E-state index in [0.29, 0.717) is 0 Å². The van der Waals surface area contributed by atoms with Crippen molar-refractivity contribution < 1.29 is 0 Å². The lowest BCUT2D eigenvalue weighted by Gasteiger charge is -1.96. The van der Waals surface area contributed by atoms with Gasteiger partial charge in [0.15, 0.2) is 0 Å². The number of nitrogens with two attached hydrogens (primary N) is 1. The van der Waals surface area contributed by atoms with Crippen LogP contribution in [0.3, 0.4) is 0 Å². The summed E-state index contributed by atoms with van der Waals surface area (Å²) in [4.78, 5) is 0. The Kier molecular flexibility index (Phi) is 1.63. The molecule has 0 aliphatic heterocycles. The minimum atomic E-state index is 0.729. The van der Waals surface area contributed by atoms with E-state index in [0.717, 1.165) is 17.7 Å². The van der Waals surface area contributed by atoms with Gasteiger partial charge in [0.2, 0.25) is 0 Å². The molecule has 9 heavy (non-hydrogen) atoms. The molecule has 1 heterocycles. The molecule has 0 spiro atoms. The van der Waals surface area contributed by atoms with Gasteiger partial charge in [-0.15, -0.1) is 0 Å². The van der Waals surface area contributed by atoms with Crippen molar-refractivity contribution in [1.29, 1.82) is 0 Å². The molecule has 2 N–H and O–H groups in total. The molecule has 1 aromatic rings. The lowest BCUT2D eigenvalue weighted by Crippen LogP contribution is -1.94. The van der Waals surface area contributed by atoms with Crippen molar-refractivity contribution in [3.8, 4) is 0 Å². The van der Waals surface area contributed by atoms with E-state index < -0.39 is 0 Å². The zero-order valence-electron chi connectivity index (χ0n) is 5.33. The van der Waals surface area contributed by atoms with E-state index in [4.69, 9.17) is 5.73 Å². The smallest absolute Gasteiger partial charge is 0.0728 e. The minimum Gasteiger partial charge on any atom is -0.397 e. The highest BCUT2D eigenvalue weighted by Gasteiger charge is 1.92. The maximum absolute atomic E-state index is 5.53. The number of aryl methyl sites for hydroxylation is 1. The number of anilines is 1. The van der Waals surface area contributed by atoms with E-state index in [9.17, 15) is 0 Å². The minimum absolute atomic E-state index is 0.729. The Bertz CT molecular complexity index is 197. The van der Waals surface area contributed by atoms with E-state index in [2.05, 4.69) is 10.2 Å². The zero-order chi connectivity index (χ0) is 6.69. The van der Waals surface area contributed by atoms with E-state index in [1.165, 1.54) is 0 Å². The normalized spacial score (nSPS) is 9.44. The number of hydrogen-bond acceptors (Lipinski definition) is 3. The van der Waals surface area contributed by atoms with Crippen molar-refractivity contribution >= 4 is 5.69 Å². The fraction of sp³-hybridized carbons (Fsp3) is 0.333. The Labute approximate surface area is 53.9 Å². The summed E-state index contributed by atoms with van der Waals surface area (Å²) in [5.41, 5.74) is 7.32. The van der Waals surface area contributed by atoms with Gasteiger partial charge < -0.3 is 5.73 Å². The number of nitrogen functional groups attached to an aromatic ring is 1. The van der Waals surface area contributed by atoms with Crippen LogP contribution in [0.1, 0.15) is 12.5 Å². The Balaban J connectivity index is 3.01. The van der Waals surface area contributed by atoms with Crippen LogP contribution >= 0.6 is 0 Å². The second-order valence-corrected chi connectivity index (χ2v) is 1.82. The Hall–Kier alpha value is -1.12. The summed E-state index contributed by atoms with van der Waals surface area (Å²) >= 11 is 0. The predicted molar refractivity (Wildman–Crippen MR) is 35.8 cm³/mol. The summed E-state index contributed by atoms with van der Waals surface area (Å²) in [6, 6.07) is 0. The van der Waals surface area contributed by atoms with Gasteiger partial charge in [0, 0.05) is 0 Å². The van der Waals surface area contributed by atoms with Crippen LogP contribution in [0.25, 0.3) is 0 Å². The van der Waals surface area contributed by atoms with Crippen molar-refractivity contribution in [3.63, 3.8) is 0 Å². The van der Waals surface area contributed by atoms with Crippen LogP contribution in [0.4, 0.5) is 5.69 Å². The third-order valence-corrected chi connectivity index (χ3v) is 1.23. The van der Waals surface area contributed by atoms with Gasteiger partial charge in [-0.1, -0.05) is 6.92 Å². The molecule has 0 radical (unpaired) electrons. The molecule has 0 saturated heterocycles. The van der Waals surface area contributed by atoms with Gasteiger partial charge in [-0.05, 0) is 12.0 Å². The Morgan fingerprint density at radius 3 is 2.56 bits per heavy atom. The van der Waals surface area contributed by atoms with Gasteiger partial charge in [0.25, 0.3) is 0 Å². The molecule has 1 rings (SSSR count). The van der Waals surface area contributed by atoms with E-state index >= 15 is 0 Å². The fourth-order valence-corrected chi connectivity index (χ4v) is 0.651. The third-order valence-electron chi connectivity index (χ3n) is 1.23. The molecule has 0 saturated carbocycles. The quantitative estimate of drug-likeness (QED) is 0.595. The summed E-state index contributed by atoms with van der Waals surface area (Å²) < 4.78 is 0. The SMILES string of the molecule is CCc1cnncc1N. The molecule has 1 aromatic heterocycles. The molecule has 0 fully saturated rings. The van der Waals surface area contributed by atoms with Crippen LogP contribution in [0.15, 0.2) is 12.4 Å². The van der Waals surface area contributed by atoms with Crippen LogP contribution in [0.5, 0.6) is 0 Å². The average Bonchev–Trinajstić information content (AvgIpc) is 1.89. The van der Waals surface area contributed by atoms with Crippen LogP contribution in [-0.2, 0) is 6.42 Å². The first-order valence-corrected chi connectivity index (χ1v) is 2.89. The Morgan fingerprint density at radius 1 is 1.44 bits per heavy atom. The molecule has 0 unspecified atom stereocenters. The van der Waals surface area contributed by atoms with Crippen LogP contribution < -0.4 is 5.73 Å². The summed E-state index contributed by atoms with van der Waals surface area (Å²) in [5, 5.41) is 7.30. The number of hydrogen-bond donors (Lipinski definition) is 1. The Morgan fingerprint density at radius 2 is 2.11 bits per heavy atom. The lowest BCUT2D eigenvalue weighted by molar-refractivity contribution is 0.988. The van der Waals surface area contributed by atoms with Crippen LogP contribution in [0.2, 0.25) is 0 Å². The van der Waals surface area contributed by atoms with E-state index in [1.807, 2.05) is 6.92 Å². The summed E-state index contributed by atoms with van der Waals surface area (Å²) in [7, 11) is 0. The standard InChI is InChI=1S/C6H9N3/c1-2-5-3-8-9-4-6(5)7/h3-4H,2H2,1H3,(H2,7,8). The molecule has 3 heteroatoms. The second kappa shape index (κ2) is 2.44. The molecule has 0 aromatic carbocycles. The van der Waals surface area contributed by atoms with Gasteiger partial charge in [-0.3, -0.25) is 0 Å². The first-order chi connectivity index (χ1) is 4.34. The number of nitrogens with zero attached hydrogens (tertiary/aromatic N) is 2. The van der Waals surface area contributed by atoms with Crippen LogP contribution in [0, 0.1) is 0 Å². The van der Waals surface area contributed by atoms with Crippen molar-refractivity contribution in [2.24, 2.45) is 0 Å². The molecule has 0 amide bonds. The first kappa shape index (κ1) is 6.01. The molecular weight excluding hydrogens is 114 g/mol. The maximum Gasteiger partial charge on any atom is 0.0728 e. The van der Waals surface area contributed by atoms with Crippen molar-refractivity contribution in [3.05, 3.63) is 18.0 Å². The predicted octanol–water partition coefficient (Wildman–Crippen LogP) is 0.621. The van der Waals surface area contributed by atoms with Gasteiger partial charge >= 0.3 is 0 Å². The van der Waals surface area contributed by atoms with E-state index in [-0.39, 0.29) is 0 Å². The molecule has 3 nitrogen and oxygen atoms in total. The summed E-state index contributed by atoms with van der Waals surface area (Å²) in [5.74, 6) is 0. The van der Waals surface area contributed by atoms with E-state index in [1.54, 1.807) is 12.4 Å². The second-order valence-electron chi connectivity index (χ2n) is 1.82. The first-order valence-electron chi connectivity index (χ1n) is 2.89. The maximum atomic E-state index is 5.53. The highest BCUT2D eigenvalue weighted by Crippen LogP contribution is 2.05. The van der Waals surface area contributed by atoms with Crippen molar-refractivity contribution in [2.45, 2.75) is 13.3 Å². The average molecular weight is 123 g/mol. The highest BCUT2D eigenvalue weighted by atomic mass is 15.1. The van der Waals surface area contributed by atoms with Gasteiger partial charge in [0.1, 0.15) is 0 Å². The largest absolute Gasteiger partial charge is 0.397 e. The summed E-state index contributed by atoms with van der Waals surface area (Å²) in [6.45, 7) is 2.04. The lowest BCUT2D eigenvalue weighted by atomic mass is 10.2.